The molecular formula is C18H36N4O. The third-order valence-corrected chi connectivity index (χ3v) is 4.44. The molecule has 0 aromatic heterocycles. The highest BCUT2D eigenvalue weighted by Crippen LogP contribution is 2.33. The number of nitrogens with one attached hydrogen (secondary N) is 2. The molecule has 134 valence electrons. The Bertz CT molecular complexity index is 379. The molecule has 2 N–H and O–H groups in total. The van der Waals surface area contributed by atoms with Gasteiger partial charge >= 0.3 is 0 Å². The lowest BCUT2D eigenvalue weighted by Crippen LogP contribution is -2.49. The predicted octanol–water partition coefficient (Wildman–Crippen LogP) is 2.77. The van der Waals surface area contributed by atoms with E-state index in [1.54, 1.807) is 0 Å². The van der Waals surface area contributed by atoms with E-state index in [2.05, 4.69) is 48.2 Å². The predicted molar refractivity (Wildman–Crippen MR) is 97.7 cm³/mol. The molecule has 0 aromatic carbocycles. The van der Waals surface area contributed by atoms with Crippen LogP contribution in [0, 0.1) is 5.41 Å². The molecule has 23 heavy (non-hydrogen) atoms. The lowest BCUT2D eigenvalue weighted by molar-refractivity contribution is -0.120. The molecule has 0 radical (unpaired) electrons. The maximum absolute atomic E-state index is 11.7. The molecule has 1 heterocycles. The Morgan fingerprint density at radius 3 is 2.65 bits per heavy atom. The zero-order chi connectivity index (χ0) is 17.1. The quantitative estimate of drug-likeness (QED) is 0.533. The molecular weight excluding hydrogens is 288 g/mol. The first kappa shape index (κ1) is 19.8. The van der Waals surface area contributed by atoms with Crippen LogP contribution in [0.4, 0.5) is 0 Å². The average molecular weight is 325 g/mol. The van der Waals surface area contributed by atoms with Gasteiger partial charge in [-0.15, -0.1) is 0 Å². The lowest BCUT2D eigenvalue weighted by Gasteiger charge is -2.42. The van der Waals surface area contributed by atoms with E-state index in [1.165, 1.54) is 25.7 Å². The number of aliphatic imine (C=N–C) groups is 1. The van der Waals surface area contributed by atoms with E-state index in [4.69, 9.17) is 0 Å². The molecule has 1 rings (SSSR count). The summed E-state index contributed by atoms with van der Waals surface area (Å²) in [5.74, 6) is 1.07. The summed E-state index contributed by atoms with van der Waals surface area (Å²) in [5.41, 5.74) is 0.391. The first-order valence-electron chi connectivity index (χ1n) is 9.34. The second-order valence-corrected chi connectivity index (χ2v) is 6.92. The fourth-order valence-corrected chi connectivity index (χ4v) is 3.35. The van der Waals surface area contributed by atoms with Crippen LogP contribution in [-0.2, 0) is 4.79 Å². The smallest absolute Gasteiger partial charge is 0.221 e. The van der Waals surface area contributed by atoms with Gasteiger partial charge in [-0.2, -0.15) is 0 Å². The average Bonchev–Trinajstić information content (AvgIpc) is 2.52. The number of carbonyl (C=O) groups excluding carboxylic acids is 1. The van der Waals surface area contributed by atoms with Crippen molar-refractivity contribution in [1.29, 1.82) is 0 Å². The Morgan fingerprint density at radius 1 is 1.22 bits per heavy atom. The van der Waals surface area contributed by atoms with E-state index >= 15 is 0 Å². The van der Waals surface area contributed by atoms with Gasteiger partial charge in [0.15, 0.2) is 5.96 Å². The summed E-state index contributed by atoms with van der Waals surface area (Å²) in [5, 5.41) is 6.30. The van der Waals surface area contributed by atoms with Gasteiger partial charge in [0.25, 0.3) is 0 Å². The highest BCUT2D eigenvalue weighted by molar-refractivity contribution is 5.81. The molecule has 1 amide bonds. The topological polar surface area (TPSA) is 56.7 Å². The van der Waals surface area contributed by atoms with Crippen molar-refractivity contribution in [1.82, 2.24) is 15.5 Å². The van der Waals surface area contributed by atoms with Crippen molar-refractivity contribution in [2.45, 2.75) is 66.2 Å². The highest BCUT2D eigenvalue weighted by atomic mass is 16.1. The lowest BCUT2D eigenvalue weighted by atomic mass is 9.78. The summed E-state index contributed by atoms with van der Waals surface area (Å²) < 4.78 is 0. The Morgan fingerprint density at radius 2 is 2.00 bits per heavy atom. The summed E-state index contributed by atoms with van der Waals surface area (Å²) in [4.78, 5) is 18.8. The van der Waals surface area contributed by atoms with Crippen LogP contribution in [-0.4, -0.2) is 49.5 Å². The fraction of sp³-hybridized carbons (Fsp3) is 0.889. The van der Waals surface area contributed by atoms with Crippen LogP contribution in [0.2, 0.25) is 0 Å². The van der Waals surface area contributed by atoms with Crippen molar-refractivity contribution in [3.05, 3.63) is 0 Å². The molecule has 0 spiro atoms. The molecule has 0 aromatic rings. The van der Waals surface area contributed by atoms with Gasteiger partial charge in [-0.25, -0.2) is 0 Å². The molecule has 0 bridgehead atoms. The van der Waals surface area contributed by atoms with Crippen molar-refractivity contribution >= 4 is 11.9 Å². The highest BCUT2D eigenvalue weighted by Gasteiger charge is 2.31. The van der Waals surface area contributed by atoms with Gasteiger partial charge in [0.05, 0.1) is 6.54 Å². The van der Waals surface area contributed by atoms with Gasteiger partial charge < -0.3 is 15.5 Å². The summed E-state index contributed by atoms with van der Waals surface area (Å²) >= 11 is 0. The van der Waals surface area contributed by atoms with Gasteiger partial charge in [0, 0.05) is 32.6 Å². The first-order chi connectivity index (χ1) is 11.0. The van der Waals surface area contributed by atoms with Gasteiger partial charge in [-0.1, -0.05) is 27.2 Å². The Labute approximate surface area is 142 Å². The number of guanidine groups is 1. The number of rotatable bonds is 8. The Hall–Kier alpha value is -1.26. The SMILES string of the molecule is CCCNC(=O)CCN=C(NCC)N1CCCC(C)(CCC)C1. The zero-order valence-corrected chi connectivity index (χ0v) is 15.6. The van der Waals surface area contributed by atoms with E-state index in [9.17, 15) is 4.79 Å². The molecule has 1 unspecified atom stereocenters. The van der Waals surface area contributed by atoms with E-state index in [1.807, 2.05) is 0 Å². The second-order valence-electron chi connectivity index (χ2n) is 6.92. The molecule has 1 fully saturated rings. The minimum absolute atomic E-state index is 0.0981. The minimum Gasteiger partial charge on any atom is -0.357 e. The first-order valence-corrected chi connectivity index (χ1v) is 9.34. The molecule has 5 nitrogen and oxygen atoms in total. The number of carbonyl (C=O) groups is 1. The summed E-state index contributed by atoms with van der Waals surface area (Å²) in [6.07, 6.45) is 6.46. The van der Waals surface area contributed by atoms with E-state index < -0.39 is 0 Å². The van der Waals surface area contributed by atoms with E-state index in [0.717, 1.165) is 38.6 Å². The number of hydrogen-bond donors (Lipinski definition) is 2. The largest absolute Gasteiger partial charge is 0.357 e. The van der Waals surface area contributed by atoms with Gasteiger partial charge in [0.1, 0.15) is 0 Å². The number of hydrogen-bond acceptors (Lipinski definition) is 2. The van der Waals surface area contributed by atoms with Crippen LogP contribution >= 0.6 is 0 Å². The van der Waals surface area contributed by atoms with Crippen LogP contribution in [0.5, 0.6) is 0 Å². The van der Waals surface area contributed by atoms with Crippen LogP contribution in [0.25, 0.3) is 0 Å². The molecule has 1 aliphatic rings. The van der Waals surface area contributed by atoms with E-state index in [0.29, 0.717) is 18.4 Å². The van der Waals surface area contributed by atoms with Gasteiger partial charge in [-0.3, -0.25) is 9.79 Å². The molecule has 1 aliphatic heterocycles. The molecule has 5 heteroatoms. The maximum Gasteiger partial charge on any atom is 0.221 e. The standard InChI is InChI=1S/C18H36N4O/c1-5-10-18(4)11-8-14-22(15-18)17(19-7-3)21-13-9-16(23)20-12-6-2/h5-15H2,1-4H3,(H,19,21)(H,20,23). The van der Waals surface area contributed by atoms with Crippen molar-refractivity contribution < 1.29 is 4.79 Å². The molecule has 0 aliphatic carbocycles. The monoisotopic (exact) mass is 324 g/mol. The number of amides is 1. The molecule has 1 atom stereocenters. The van der Waals surface area contributed by atoms with Crippen molar-refractivity contribution in [2.75, 3.05) is 32.7 Å². The van der Waals surface area contributed by atoms with Crippen molar-refractivity contribution in [2.24, 2.45) is 10.4 Å². The van der Waals surface area contributed by atoms with Gasteiger partial charge in [0.2, 0.25) is 5.91 Å². The number of piperidine rings is 1. The van der Waals surface area contributed by atoms with Crippen LogP contribution in [0.1, 0.15) is 66.2 Å². The summed E-state index contributed by atoms with van der Waals surface area (Å²) in [6.45, 7) is 13.1. The molecule has 1 saturated heterocycles. The second kappa shape index (κ2) is 10.5. The Balaban J connectivity index is 2.58. The Kier molecular flexibility index (Phi) is 9.03. The van der Waals surface area contributed by atoms with Crippen molar-refractivity contribution in [3.63, 3.8) is 0 Å². The molecule has 0 saturated carbocycles. The van der Waals surface area contributed by atoms with Crippen LogP contribution < -0.4 is 10.6 Å². The third kappa shape index (κ3) is 7.23. The van der Waals surface area contributed by atoms with Crippen molar-refractivity contribution in [3.8, 4) is 0 Å². The maximum atomic E-state index is 11.7. The van der Waals surface area contributed by atoms with E-state index in [-0.39, 0.29) is 5.91 Å². The van der Waals surface area contributed by atoms with Crippen LogP contribution in [0.15, 0.2) is 4.99 Å². The van der Waals surface area contributed by atoms with Gasteiger partial charge in [-0.05, 0) is 38.0 Å². The normalized spacial score (nSPS) is 22.1. The van der Waals surface area contributed by atoms with Crippen LogP contribution in [0.3, 0.4) is 0 Å². The number of nitrogens with zero attached hydrogens (tertiary/aromatic N) is 2. The minimum atomic E-state index is 0.0981. The summed E-state index contributed by atoms with van der Waals surface area (Å²) in [6, 6.07) is 0. The number of likely N-dealkylation sites (tertiary alicyclic amines) is 1. The fourth-order valence-electron chi connectivity index (χ4n) is 3.35. The summed E-state index contributed by atoms with van der Waals surface area (Å²) in [7, 11) is 0. The third-order valence-electron chi connectivity index (χ3n) is 4.44. The zero-order valence-electron chi connectivity index (χ0n) is 15.6.